The number of benzene rings is 2. The highest BCUT2D eigenvalue weighted by atomic mass is 16.5. The number of carbonyl (C=O) groups is 1. The van der Waals surface area contributed by atoms with Gasteiger partial charge in [-0.3, -0.25) is 4.79 Å². The lowest BCUT2D eigenvalue weighted by Gasteiger charge is -2.19. The highest BCUT2D eigenvalue weighted by Gasteiger charge is 2.17. The molecule has 0 saturated carbocycles. The number of hydrogen-bond acceptors (Lipinski definition) is 3. The highest BCUT2D eigenvalue weighted by molar-refractivity contribution is 5.97. The number of ether oxygens (including phenoxy) is 1. The maximum Gasteiger partial charge on any atom is 0.257 e. The minimum Gasteiger partial charge on any atom is -0.507 e. The Morgan fingerprint density at radius 3 is 2.50 bits per heavy atom. The number of amides is 1. The van der Waals surface area contributed by atoms with Gasteiger partial charge in [-0.15, -0.1) is 0 Å². The van der Waals surface area contributed by atoms with Gasteiger partial charge < -0.3 is 14.7 Å². The second kappa shape index (κ2) is 6.52. The van der Waals surface area contributed by atoms with Crippen LogP contribution in [0, 0.1) is 13.8 Å². The lowest BCUT2D eigenvalue weighted by Crippen LogP contribution is -2.26. The van der Waals surface area contributed by atoms with Crippen molar-refractivity contribution < 1.29 is 14.6 Å². The van der Waals surface area contributed by atoms with E-state index in [1.807, 2.05) is 12.1 Å². The Bertz CT molecular complexity index is 695. The first-order chi connectivity index (χ1) is 10.4. The number of rotatable bonds is 4. The van der Waals surface area contributed by atoms with Gasteiger partial charge >= 0.3 is 0 Å². The normalized spacial score (nSPS) is 10.4. The van der Waals surface area contributed by atoms with Crippen molar-refractivity contribution in [2.75, 3.05) is 14.2 Å². The van der Waals surface area contributed by atoms with E-state index in [9.17, 15) is 9.90 Å². The predicted molar refractivity (Wildman–Crippen MR) is 86.4 cm³/mol. The Labute approximate surface area is 131 Å². The summed E-state index contributed by atoms with van der Waals surface area (Å²) < 4.78 is 5.11. The van der Waals surface area contributed by atoms with Gasteiger partial charge in [-0.05, 0) is 48.7 Å². The van der Waals surface area contributed by atoms with E-state index < -0.39 is 0 Å². The second-order valence-corrected chi connectivity index (χ2v) is 5.46. The van der Waals surface area contributed by atoms with Crippen LogP contribution >= 0.6 is 0 Å². The number of carbonyl (C=O) groups excluding carboxylic acids is 1. The maximum atomic E-state index is 12.5. The predicted octanol–water partition coefficient (Wildman–Crippen LogP) is 3.29. The number of aryl methyl sites for hydroxylation is 2. The van der Waals surface area contributed by atoms with Gasteiger partial charge in [0.2, 0.25) is 0 Å². The standard InChI is InChI=1S/C18H21NO3/c1-12-5-6-14(9-13(12)2)11-19(3)18(21)16-10-15(22-4)7-8-17(16)20/h5-10,20H,11H2,1-4H3. The Morgan fingerprint density at radius 2 is 1.86 bits per heavy atom. The van der Waals surface area contributed by atoms with Crippen molar-refractivity contribution in [2.24, 2.45) is 0 Å². The summed E-state index contributed by atoms with van der Waals surface area (Å²) in [5.41, 5.74) is 3.72. The zero-order chi connectivity index (χ0) is 16.3. The molecule has 116 valence electrons. The summed E-state index contributed by atoms with van der Waals surface area (Å²) in [6.07, 6.45) is 0. The van der Waals surface area contributed by atoms with Crippen molar-refractivity contribution in [3.63, 3.8) is 0 Å². The van der Waals surface area contributed by atoms with Crippen LogP contribution < -0.4 is 4.74 Å². The molecule has 1 amide bonds. The molecular weight excluding hydrogens is 278 g/mol. The van der Waals surface area contributed by atoms with Gasteiger partial charge in [0.25, 0.3) is 5.91 Å². The van der Waals surface area contributed by atoms with Gasteiger partial charge in [-0.2, -0.15) is 0 Å². The fourth-order valence-electron chi connectivity index (χ4n) is 2.27. The largest absolute Gasteiger partial charge is 0.507 e. The van der Waals surface area contributed by atoms with Gasteiger partial charge in [-0.1, -0.05) is 18.2 Å². The third-order valence-corrected chi connectivity index (χ3v) is 3.77. The van der Waals surface area contributed by atoms with Gasteiger partial charge in [0.15, 0.2) is 0 Å². The fraction of sp³-hybridized carbons (Fsp3) is 0.278. The van der Waals surface area contributed by atoms with Crippen LogP contribution in [-0.4, -0.2) is 30.1 Å². The van der Waals surface area contributed by atoms with Crippen molar-refractivity contribution >= 4 is 5.91 Å². The van der Waals surface area contributed by atoms with Gasteiger partial charge in [-0.25, -0.2) is 0 Å². The molecule has 1 N–H and O–H groups in total. The number of methoxy groups -OCH3 is 1. The van der Waals surface area contributed by atoms with Crippen LogP contribution in [0.4, 0.5) is 0 Å². The molecule has 2 rings (SSSR count). The first-order valence-electron chi connectivity index (χ1n) is 7.11. The number of phenols is 1. The van der Waals surface area contributed by atoms with Crippen LogP contribution in [0.2, 0.25) is 0 Å². The van der Waals surface area contributed by atoms with E-state index >= 15 is 0 Å². The third kappa shape index (κ3) is 3.39. The Morgan fingerprint density at radius 1 is 1.14 bits per heavy atom. The van der Waals surface area contributed by atoms with E-state index in [0.717, 1.165) is 5.56 Å². The minimum atomic E-state index is -0.241. The number of nitrogens with zero attached hydrogens (tertiary/aromatic N) is 1. The molecule has 0 aliphatic heterocycles. The highest BCUT2D eigenvalue weighted by Crippen LogP contribution is 2.24. The monoisotopic (exact) mass is 299 g/mol. The van der Waals surface area contributed by atoms with Crippen molar-refractivity contribution in [1.82, 2.24) is 4.90 Å². The molecule has 0 heterocycles. The number of hydrogen-bond donors (Lipinski definition) is 1. The molecule has 0 atom stereocenters. The van der Waals surface area contributed by atoms with E-state index in [0.29, 0.717) is 12.3 Å². The van der Waals surface area contributed by atoms with Crippen molar-refractivity contribution in [3.8, 4) is 11.5 Å². The fourth-order valence-corrected chi connectivity index (χ4v) is 2.27. The topological polar surface area (TPSA) is 49.8 Å². The average Bonchev–Trinajstić information content (AvgIpc) is 2.50. The summed E-state index contributed by atoms with van der Waals surface area (Å²) in [5.74, 6) is 0.257. The molecule has 0 unspecified atom stereocenters. The molecule has 2 aromatic carbocycles. The smallest absolute Gasteiger partial charge is 0.257 e. The SMILES string of the molecule is COc1ccc(O)c(C(=O)N(C)Cc2ccc(C)c(C)c2)c1. The summed E-state index contributed by atoms with van der Waals surface area (Å²) in [4.78, 5) is 14.1. The van der Waals surface area contributed by atoms with Crippen molar-refractivity contribution in [2.45, 2.75) is 20.4 Å². The molecular formula is C18H21NO3. The molecule has 0 fully saturated rings. The molecule has 0 aliphatic carbocycles. The molecule has 0 bridgehead atoms. The zero-order valence-corrected chi connectivity index (χ0v) is 13.4. The van der Waals surface area contributed by atoms with Crippen molar-refractivity contribution in [3.05, 3.63) is 58.7 Å². The molecule has 4 heteroatoms. The minimum absolute atomic E-state index is 0.0438. The number of aromatic hydroxyl groups is 1. The van der Waals surface area contributed by atoms with E-state index in [1.54, 1.807) is 24.1 Å². The van der Waals surface area contributed by atoms with Crippen LogP contribution in [0.1, 0.15) is 27.0 Å². The molecule has 0 radical (unpaired) electrons. The molecule has 2 aromatic rings. The quantitative estimate of drug-likeness (QED) is 0.942. The summed E-state index contributed by atoms with van der Waals surface area (Å²) in [7, 11) is 3.25. The van der Waals surface area contributed by atoms with Crippen molar-refractivity contribution in [1.29, 1.82) is 0 Å². The first-order valence-corrected chi connectivity index (χ1v) is 7.11. The second-order valence-electron chi connectivity index (χ2n) is 5.46. The molecule has 0 aromatic heterocycles. The lowest BCUT2D eigenvalue weighted by molar-refractivity contribution is 0.0781. The van der Waals surface area contributed by atoms with Gasteiger partial charge in [0.1, 0.15) is 11.5 Å². The lowest BCUT2D eigenvalue weighted by atomic mass is 10.1. The van der Waals surface area contributed by atoms with Crippen LogP contribution in [0.25, 0.3) is 0 Å². The molecule has 0 saturated heterocycles. The molecule has 22 heavy (non-hydrogen) atoms. The van der Waals surface area contributed by atoms with Gasteiger partial charge in [0.05, 0.1) is 12.7 Å². The Hall–Kier alpha value is -2.49. The average molecular weight is 299 g/mol. The van der Waals surface area contributed by atoms with E-state index in [2.05, 4.69) is 19.9 Å². The summed E-state index contributed by atoms with van der Waals surface area (Å²) in [6.45, 7) is 4.59. The van der Waals surface area contributed by atoms with E-state index in [4.69, 9.17) is 4.74 Å². The molecule has 4 nitrogen and oxygen atoms in total. The van der Waals surface area contributed by atoms with E-state index in [-0.39, 0.29) is 17.2 Å². The first kappa shape index (κ1) is 15.9. The Balaban J connectivity index is 2.20. The van der Waals surface area contributed by atoms with Crippen LogP contribution in [0.3, 0.4) is 0 Å². The zero-order valence-electron chi connectivity index (χ0n) is 13.4. The maximum absolute atomic E-state index is 12.5. The number of phenolic OH excluding ortho intramolecular Hbond substituents is 1. The van der Waals surface area contributed by atoms with Crippen LogP contribution in [0.5, 0.6) is 11.5 Å². The van der Waals surface area contributed by atoms with E-state index in [1.165, 1.54) is 24.3 Å². The molecule has 0 aliphatic rings. The summed E-state index contributed by atoms with van der Waals surface area (Å²) in [6, 6.07) is 10.8. The van der Waals surface area contributed by atoms with Gasteiger partial charge in [0, 0.05) is 13.6 Å². The third-order valence-electron chi connectivity index (χ3n) is 3.77. The molecule has 0 spiro atoms. The summed E-state index contributed by atoms with van der Waals surface area (Å²) >= 11 is 0. The Kier molecular flexibility index (Phi) is 4.71. The van der Waals surface area contributed by atoms with Crippen LogP contribution in [-0.2, 0) is 6.54 Å². The van der Waals surface area contributed by atoms with Crippen LogP contribution in [0.15, 0.2) is 36.4 Å². The summed E-state index contributed by atoms with van der Waals surface area (Å²) in [5, 5.41) is 9.89.